The zero-order valence-corrected chi connectivity index (χ0v) is 16.1. The third kappa shape index (κ3) is 6.45. The fourth-order valence-electron chi connectivity index (χ4n) is 2.20. The van der Waals surface area contributed by atoms with Gasteiger partial charge in [0.05, 0.1) is 18.6 Å². The molecular weight excluding hydrogens is 384 g/mol. The van der Waals surface area contributed by atoms with E-state index in [2.05, 4.69) is 5.32 Å². The molecule has 1 aliphatic rings. The highest BCUT2D eigenvalue weighted by Gasteiger charge is 2.29. The highest BCUT2D eigenvalue weighted by atomic mass is 35.5. The first-order chi connectivity index (χ1) is 12.0. The summed E-state index contributed by atoms with van der Waals surface area (Å²) in [7, 11) is 1.35. The zero-order valence-electron chi connectivity index (χ0n) is 13.7. The van der Waals surface area contributed by atoms with Crippen LogP contribution in [0.5, 0.6) is 0 Å². The zero-order chi connectivity index (χ0) is 18.2. The highest BCUT2D eigenvalue weighted by molar-refractivity contribution is 8.01. The van der Waals surface area contributed by atoms with Crippen LogP contribution >= 0.6 is 35.1 Å². The molecule has 0 spiro atoms. The van der Waals surface area contributed by atoms with Gasteiger partial charge in [0, 0.05) is 29.6 Å². The molecular formula is C16H19ClN2O4S2. The van der Waals surface area contributed by atoms with Gasteiger partial charge in [0.15, 0.2) is 0 Å². The lowest BCUT2D eigenvalue weighted by molar-refractivity contribution is -0.141. The Bertz CT molecular complexity index is 627. The number of halogens is 1. The molecule has 1 heterocycles. The van der Waals surface area contributed by atoms with E-state index in [0.717, 1.165) is 0 Å². The van der Waals surface area contributed by atoms with Gasteiger partial charge in [-0.25, -0.2) is 0 Å². The Morgan fingerprint density at radius 1 is 1.32 bits per heavy atom. The lowest BCUT2D eigenvalue weighted by Gasteiger charge is -2.30. The van der Waals surface area contributed by atoms with E-state index in [1.807, 2.05) is 0 Å². The summed E-state index contributed by atoms with van der Waals surface area (Å²) in [6.45, 7) is 0.961. The number of rotatable bonds is 6. The minimum Gasteiger partial charge on any atom is -0.468 e. The second-order valence-corrected chi connectivity index (χ2v) is 8.00. The van der Waals surface area contributed by atoms with Crippen molar-refractivity contribution in [2.24, 2.45) is 0 Å². The number of hydrogen-bond acceptors (Lipinski definition) is 6. The molecule has 0 aliphatic carbocycles. The van der Waals surface area contributed by atoms with E-state index >= 15 is 0 Å². The molecule has 0 aromatic heterocycles. The van der Waals surface area contributed by atoms with E-state index in [1.165, 1.54) is 30.6 Å². The number of benzene rings is 1. The largest absolute Gasteiger partial charge is 0.468 e. The maximum atomic E-state index is 12.2. The molecule has 1 saturated heterocycles. The van der Waals surface area contributed by atoms with Crippen LogP contribution in [0.2, 0.25) is 5.02 Å². The number of ether oxygens (including phenoxy) is 1. The summed E-state index contributed by atoms with van der Waals surface area (Å²) in [6.07, 6.45) is 0. The molecule has 136 valence electrons. The van der Waals surface area contributed by atoms with Crippen molar-refractivity contribution < 1.29 is 19.1 Å². The normalized spacial score (nSPS) is 17.0. The molecule has 0 bridgehead atoms. The maximum Gasteiger partial charge on any atom is 0.320 e. The van der Waals surface area contributed by atoms with Gasteiger partial charge in [0.1, 0.15) is 5.25 Å². The lowest BCUT2D eigenvalue weighted by atomic mass is 10.3. The SMILES string of the molecule is COC(=O)[C@H]1CN(C(=O)CSCC(=O)Nc2ccc(Cl)cc2)CCS1. The van der Waals surface area contributed by atoms with Crippen molar-refractivity contribution in [2.45, 2.75) is 5.25 Å². The number of carbonyl (C=O) groups is 3. The molecule has 0 unspecified atom stereocenters. The van der Waals surface area contributed by atoms with Gasteiger partial charge in [-0.15, -0.1) is 23.5 Å². The third-order valence-corrected chi connectivity index (χ3v) is 5.80. The minimum atomic E-state index is -0.332. The number of nitrogens with zero attached hydrogens (tertiary/aromatic N) is 1. The van der Waals surface area contributed by atoms with Crippen molar-refractivity contribution in [3.63, 3.8) is 0 Å². The molecule has 2 rings (SSSR count). The van der Waals surface area contributed by atoms with Crippen molar-refractivity contribution in [1.82, 2.24) is 4.90 Å². The van der Waals surface area contributed by atoms with Gasteiger partial charge in [-0.2, -0.15) is 0 Å². The van der Waals surface area contributed by atoms with Crippen molar-refractivity contribution in [1.29, 1.82) is 0 Å². The van der Waals surface area contributed by atoms with E-state index in [0.29, 0.717) is 29.6 Å². The standard InChI is InChI=1S/C16H19ClN2O4S2/c1-23-16(22)13-8-19(6-7-25-13)15(21)10-24-9-14(20)18-12-4-2-11(17)3-5-12/h2-5,13H,6-10H2,1H3,(H,18,20)/t13-/m1/s1. The molecule has 1 aromatic rings. The van der Waals surface area contributed by atoms with Gasteiger partial charge in [0.25, 0.3) is 0 Å². The average molecular weight is 403 g/mol. The predicted octanol–water partition coefficient (Wildman–Crippen LogP) is 2.13. The first-order valence-electron chi connectivity index (χ1n) is 7.60. The van der Waals surface area contributed by atoms with Gasteiger partial charge in [0.2, 0.25) is 11.8 Å². The number of amides is 2. The van der Waals surface area contributed by atoms with Crippen LogP contribution in [0.15, 0.2) is 24.3 Å². The monoisotopic (exact) mass is 402 g/mol. The third-order valence-electron chi connectivity index (χ3n) is 3.47. The van der Waals surface area contributed by atoms with E-state index in [4.69, 9.17) is 16.3 Å². The summed E-state index contributed by atoms with van der Waals surface area (Å²) in [5, 5.41) is 3.01. The van der Waals surface area contributed by atoms with Crippen LogP contribution in [0.3, 0.4) is 0 Å². The summed E-state index contributed by atoms with van der Waals surface area (Å²) < 4.78 is 4.73. The Labute approximate surface area is 160 Å². The summed E-state index contributed by atoms with van der Waals surface area (Å²) in [4.78, 5) is 37.4. The topological polar surface area (TPSA) is 75.7 Å². The highest BCUT2D eigenvalue weighted by Crippen LogP contribution is 2.20. The molecule has 2 amide bonds. The lowest BCUT2D eigenvalue weighted by Crippen LogP contribution is -2.45. The first-order valence-corrected chi connectivity index (χ1v) is 10.2. The molecule has 0 radical (unpaired) electrons. The quantitative estimate of drug-likeness (QED) is 0.734. The molecule has 1 fully saturated rings. The summed E-state index contributed by atoms with van der Waals surface area (Å²) in [6, 6.07) is 6.82. The van der Waals surface area contributed by atoms with Crippen LogP contribution in [-0.4, -0.2) is 65.4 Å². The molecule has 1 aromatic carbocycles. The number of hydrogen-bond donors (Lipinski definition) is 1. The molecule has 25 heavy (non-hydrogen) atoms. The Hall–Kier alpha value is -1.38. The molecule has 1 aliphatic heterocycles. The molecule has 6 nitrogen and oxygen atoms in total. The summed E-state index contributed by atoms with van der Waals surface area (Å²) in [5.74, 6) is 0.523. The van der Waals surface area contributed by atoms with Crippen LogP contribution in [0, 0.1) is 0 Å². The Morgan fingerprint density at radius 2 is 2.04 bits per heavy atom. The fourth-order valence-corrected chi connectivity index (χ4v) is 4.17. The average Bonchev–Trinajstić information content (AvgIpc) is 2.63. The van der Waals surface area contributed by atoms with Crippen LogP contribution in [0.1, 0.15) is 0 Å². The number of carbonyl (C=O) groups excluding carboxylic acids is 3. The molecule has 1 atom stereocenters. The predicted molar refractivity (Wildman–Crippen MR) is 102 cm³/mol. The van der Waals surface area contributed by atoms with Crippen LogP contribution in [-0.2, 0) is 19.1 Å². The van der Waals surface area contributed by atoms with Gasteiger partial charge in [-0.05, 0) is 24.3 Å². The fraction of sp³-hybridized carbons (Fsp3) is 0.438. The van der Waals surface area contributed by atoms with E-state index in [-0.39, 0.29) is 34.5 Å². The minimum absolute atomic E-state index is 0.0708. The van der Waals surface area contributed by atoms with Crippen molar-refractivity contribution in [3.8, 4) is 0 Å². The Morgan fingerprint density at radius 3 is 2.72 bits per heavy atom. The van der Waals surface area contributed by atoms with Crippen molar-refractivity contribution in [2.75, 3.05) is 42.8 Å². The van der Waals surface area contributed by atoms with Crippen LogP contribution < -0.4 is 5.32 Å². The first kappa shape index (κ1) is 19.9. The van der Waals surface area contributed by atoms with E-state index in [1.54, 1.807) is 29.2 Å². The van der Waals surface area contributed by atoms with Crippen LogP contribution in [0.4, 0.5) is 5.69 Å². The van der Waals surface area contributed by atoms with E-state index < -0.39 is 0 Å². The number of anilines is 1. The molecule has 1 N–H and O–H groups in total. The number of thioether (sulfide) groups is 2. The van der Waals surface area contributed by atoms with Crippen LogP contribution in [0.25, 0.3) is 0 Å². The maximum absolute atomic E-state index is 12.2. The number of methoxy groups -OCH3 is 1. The van der Waals surface area contributed by atoms with Gasteiger partial charge in [-0.1, -0.05) is 11.6 Å². The summed E-state index contributed by atoms with van der Waals surface area (Å²) >= 11 is 8.54. The van der Waals surface area contributed by atoms with Gasteiger partial charge in [-0.3, -0.25) is 14.4 Å². The Kier molecular flexibility index (Phi) is 7.92. The second kappa shape index (κ2) is 9.94. The van der Waals surface area contributed by atoms with Crippen molar-refractivity contribution in [3.05, 3.63) is 29.3 Å². The van der Waals surface area contributed by atoms with Gasteiger partial charge < -0.3 is 15.0 Å². The van der Waals surface area contributed by atoms with E-state index in [9.17, 15) is 14.4 Å². The number of nitrogens with one attached hydrogen (secondary N) is 1. The van der Waals surface area contributed by atoms with Gasteiger partial charge >= 0.3 is 5.97 Å². The molecule has 9 heteroatoms. The smallest absolute Gasteiger partial charge is 0.320 e. The Balaban J connectivity index is 1.71. The second-order valence-electron chi connectivity index (χ2n) is 5.27. The molecule has 0 saturated carbocycles. The van der Waals surface area contributed by atoms with Crippen molar-refractivity contribution >= 4 is 58.6 Å². The number of esters is 1. The summed E-state index contributed by atoms with van der Waals surface area (Å²) in [5.41, 5.74) is 0.662.